The molecule has 2 aliphatic heterocycles. The van der Waals surface area contributed by atoms with Crippen molar-refractivity contribution in [3.8, 4) is 0 Å². The van der Waals surface area contributed by atoms with Crippen LogP contribution in [0.1, 0.15) is 19.8 Å². The van der Waals surface area contributed by atoms with Crippen molar-refractivity contribution in [3.63, 3.8) is 0 Å². The minimum Gasteiger partial charge on any atom is -0.450 e. The first-order valence-electron chi connectivity index (χ1n) is 7.70. The van der Waals surface area contributed by atoms with Crippen molar-refractivity contribution >= 4 is 17.7 Å². The Labute approximate surface area is 130 Å². The van der Waals surface area contributed by atoms with E-state index >= 15 is 0 Å². The number of hydrogen-bond donors (Lipinski definition) is 1. The fourth-order valence-electron chi connectivity index (χ4n) is 3.31. The molecule has 6 heteroatoms. The summed E-state index contributed by atoms with van der Waals surface area (Å²) in [6, 6.07) is 9.93. The van der Waals surface area contributed by atoms with Crippen LogP contribution in [0, 0.1) is 0 Å². The molecule has 2 amide bonds. The average Bonchev–Trinajstić information content (AvgIpc) is 2.86. The summed E-state index contributed by atoms with van der Waals surface area (Å²) < 4.78 is 5.04. The summed E-state index contributed by atoms with van der Waals surface area (Å²) in [5, 5.41) is 2.95. The maximum absolute atomic E-state index is 12.4. The van der Waals surface area contributed by atoms with Crippen LogP contribution in [0.2, 0.25) is 0 Å². The normalized spacial score (nSPS) is 20.1. The van der Waals surface area contributed by atoms with Gasteiger partial charge in [0, 0.05) is 18.8 Å². The molecule has 22 heavy (non-hydrogen) atoms. The Hall–Kier alpha value is -2.24. The topological polar surface area (TPSA) is 61.9 Å². The zero-order chi connectivity index (χ0) is 15.6. The zero-order valence-corrected chi connectivity index (χ0v) is 12.7. The van der Waals surface area contributed by atoms with Crippen LogP contribution >= 0.6 is 0 Å². The maximum Gasteiger partial charge on any atom is 0.409 e. The number of anilines is 1. The highest BCUT2D eigenvalue weighted by atomic mass is 16.6. The van der Waals surface area contributed by atoms with Gasteiger partial charge in [-0.2, -0.15) is 0 Å². The lowest BCUT2D eigenvalue weighted by atomic mass is 9.86. The number of rotatable bonds is 2. The SMILES string of the molecule is CCOC(=O)N1CCC2(CC1)C(=O)NCN2c1ccccc1. The lowest BCUT2D eigenvalue weighted by Crippen LogP contribution is -2.57. The van der Waals surface area contributed by atoms with E-state index in [0.717, 1.165) is 5.69 Å². The second-order valence-electron chi connectivity index (χ2n) is 5.65. The predicted octanol–water partition coefficient (Wildman–Crippen LogP) is 1.57. The second-order valence-corrected chi connectivity index (χ2v) is 5.65. The smallest absolute Gasteiger partial charge is 0.409 e. The second kappa shape index (κ2) is 5.87. The van der Waals surface area contributed by atoms with Gasteiger partial charge >= 0.3 is 6.09 Å². The van der Waals surface area contributed by atoms with Crippen molar-refractivity contribution in [3.05, 3.63) is 30.3 Å². The number of likely N-dealkylation sites (tertiary alicyclic amines) is 1. The molecule has 0 aromatic heterocycles. The van der Waals surface area contributed by atoms with Crippen molar-refractivity contribution in [2.24, 2.45) is 0 Å². The van der Waals surface area contributed by atoms with Gasteiger partial charge in [0.1, 0.15) is 5.54 Å². The first kappa shape index (κ1) is 14.7. The number of carbonyl (C=O) groups excluding carboxylic acids is 2. The lowest BCUT2D eigenvalue weighted by molar-refractivity contribution is -0.125. The molecule has 2 heterocycles. The van der Waals surface area contributed by atoms with Gasteiger partial charge in [0.2, 0.25) is 5.91 Å². The van der Waals surface area contributed by atoms with Crippen LogP contribution in [0.3, 0.4) is 0 Å². The third-order valence-electron chi connectivity index (χ3n) is 4.52. The van der Waals surface area contributed by atoms with Gasteiger partial charge in [0.15, 0.2) is 0 Å². The molecule has 2 aliphatic rings. The first-order chi connectivity index (χ1) is 10.7. The highest BCUT2D eigenvalue weighted by molar-refractivity contribution is 5.93. The van der Waals surface area contributed by atoms with E-state index < -0.39 is 5.54 Å². The molecule has 1 aromatic carbocycles. The van der Waals surface area contributed by atoms with Crippen molar-refractivity contribution in [1.82, 2.24) is 10.2 Å². The number of piperidine rings is 1. The minimum absolute atomic E-state index is 0.0554. The number of para-hydroxylation sites is 1. The first-order valence-corrected chi connectivity index (χ1v) is 7.70. The molecular weight excluding hydrogens is 282 g/mol. The molecule has 118 valence electrons. The highest BCUT2D eigenvalue weighted by Crippen LogP contribution is 2.36. The molecule has 2 saturated heterocycles. The monoisotopic (exact) mass is 303 g/mol. The number of benzene rings is 1. The van der Waals surface area contributed by atoms with E-state index in [0.29, 0.717) is 39.2 Å². The van der Waals surface area contributed by atoms with E-state index in [9.17, 15) is 9.59 Å². The van der Waals surface area contributed by atoms with Crippen molar-refractivity contribution in [2.45, 2.75) is 25.3 Å². The van der Waals surface area contributed by atoms with Crippen molar-refractivity contribution in [2.75, 3.05) is 31.3 Å². The third kappa shape index (κ3) is 2.38. The highest BCUT2D eigenvalue weighted by Gasteiger charge is 2.50. The quantitative estimate of drug-likeness (QED) is 0.901. The Bertz CT molecular complexity index is 553. The fourth-order valence-corrected chi connectivity index (χ4v) is 3.31. The number of hydrogen-bond acceptors (Lipinski definition) is 4. The fraction of sp³-hybridized carbons (Fsp3) is 0.500. The molecule has 3 rings (SSSR count). The van der Waals surface area contributed by atoms with Gasteiger partial charge in [0.25, 0.3) is 0 Å². The molecule has 0 saturated carbocycles. The Morgan fingerprint density at radius 3 is 2.59 bits per heavy atom. The molecule has 0 aliphatic carbocycles. The van der Waals surface area contributed by atoms with E-state index in [1.54, 1.807) is 11.8 Å². The number of ether oxygens (including phenoxy) is 1. The lowest BCUT2D eigenvalue weighted by Gasteiger charge is -2.42. The molecule has 6 nitrogen and oxygen atoms in total. The molecule has 1 aromatic rings. The summed E-state index contributed by atoms with van der Waals surface area (Å²) in [7, 11) is 0. The number of amides is 2. The van der Waals surface area contributed by atoms with Crippen LogP contribution in [0.4, 0.5) is 10.5 Å². The molecule has 2 fully saturated rings. The Kier molecular flexibility index (Phi) is 3.92. The van der Waals surface area contributed by atoms with Crippen LogP contribution in [0.5, 0.6) is 0 Å². The van der Waals surface area contributed by atoms with E-state index in [1.165, 1.54) is 0 Å². The Morgan fingerprint density at radius 2 is 1.95 bits per heavy atom. The number of nitrogens with zero attached hydrogens (tertiary/aromatic N) is 2. The van der Waals surface area contributed by atoms with Crippen LogP contribution < -0.4 is 10.2 Å². The average molecular weight is 303 g/mol. The maximum atomic E-state index is 12.4. The molecular formula is C16H21N3O3. The van der Waals surface area contributed by atoms with Crippen LogP contribution in [0.15, 0.2) is 30.3 Å². The molecule has 0 atom stereocenters. The van der Waals surface area contributed by atoms with E-state index in [2.05, 4.69) is 10.2 Å². The summed E-state index contributed by atoms with van der Waals surface area (Å²) in [5.41, 5.74) is 0.482. The van der Waals surface area contributed by atoms with Crippen molar-refractivity contribution in [1.29, 1.82) is 0 Å². The zero-order valence-electron chi connectivity index (χ0n) is 12.7. The summed E-state index contributed by atoms with van der Waals surface area (Å²) >= 11 is 0. The van der Waals surface area contributed by atoms with E-state index in [1.807, 2.05) is 30.3 Å². The van der Waals surface area contributed by atoms with Crippen molar-refractivity contribution < 1.29 is 14.3 Å². The number of nitrogens with one attached hydrogen (secondary N) is 1. The summed E-state index contributed by atoms with van der Waals surface area (Å²) in [6.07, 6.45) is 0.945. The van der Waals surface area contributed by atoms with Crippen LogP contribution in [0.25, 0.3) is 0 Å². The summed E-state index contributed by atoms with van der Waals surface area (Å²) in [6.45, 7) is 3.76. The molecule has 1 N–H and O–H groups in total. The predicted molar refractivity (Wildman–Crippen MR) is 82.5 cm³/mol. The molecule has 0 unspecified atom stereocenters. The summed E-state index contributed by atoms with van der Waals surface area (Å²) in [4.78, 5) is 28.1. The Morgan fingerprint density at radius 1 is 1.27 bits per heavy atom. The standard InChI is InChI=1S/C16H21N3O3/c1-2-22-15(21)18-10-8-16(9-11-18)14(20)17-12-19(16)13-6-4-3-5-7-13/h3-7H,2,8-12H2,1H3,(H,17,20). The van der Waals surface area contributed by atoms with Crippen LogP contribution in [-0.4, -0.2) is 48.8 Å². The molecule has 0 bridgehead atoms. The van der Waals surface area contributed by atoms with Gasteiger partial charge in [-0.15, -0.1) is 0 Å². The van der Waals surface area contributed by atoms with E-state index in [-0.39, 0.29) is 12.0 Å². The summed E-state index contributed by atoms with van der Waals surface area (Å²) in [5.74, 6) is 0.0554. The third-order valence-corrected chi connectivity index (χ3v) is 4.52. The van der Waals surface area contributed by atoms with Gasteiger partial charge in [-0.1, -0.05) is 18.2 Å². The van der Waals surface area contributed by atoms with Gasteiger partial charge < -0.3 is 19.9 Å². The van der Waals surface area contributed by atoms with Gasteiger partial charge in [-0.05, 0) is 31.9 Å². The molecule has 0 radical (unpaired) electrons. The molecule has 1 spiro atoms. The number of carbonyl (C=O) groups is 2. The largest absolute Gasteiger partial charge is 0.450 e. The Balaban J connectivity index is 1.77. The van der Waals surface area contributed by atoms with Gasteiger partial charge in [-0.25, -0.2) is 4.79 Å². The van der Waals surface area contributed by atoms with E-state index in [4.69, 9.17) is 4.74 Å². The minimum atomic E-state index is -0.551. The van der Waals surface area contributed by atoms with Gasteiger partial charge in [0.05, 0.1) is 13.3 Å². The van der Waals surface area contributed by atoms with Crippen LogP contribution in [-0.2, 0) is 9.53 Å². The van der Waals surface area contributed by atoms with Gasteiger partial charge in [-0.3, -0.25) is 4.79 Å².